The maximum Gasteiger partial charge on any atom is 0.224 e. The molecule has 12 heavy (non-hydrogen) atoms. The van der Waals surface area contributed by atoms with Gasteiger partial charge in [-0.3, -0.25) is 4.79 Å². The van der Waals surface area contributed by atoms with E-state index in [1.54, 1.807) is 25.1 Å². The van der Waals surface area contributed by atoms with Crippen molar-refractivity contribution in [1.82, 2.24) is 0 Å². The molecule has 0 aliphatic carbocycles. The summed E-state index contributed by atoms with van der Waals surface area (Å²) in [5.74, 6) is -0.758. The molecule has 1 aromatic carbocycles. The van der Waals surface area contributed by atoms with Gasteiger partial charge in [-0.2, -0.15) is 0 Å². The Hall–Kier alpha value is -1.51. The number of aromatic hydroxyl groups is 1. The minimum absolute atomic E-state index is 0.115. The molecule has 0 aliphatic heterocycles. The van der Waals surface area contributed by atoms with Gasteiger partial charge in [-0.05, 0) is 13.0 Å². The van der Waals surface area contributed by atoms with Crippen molar-refractivity contribution < 1.29 is 9.90 Å². The molecular formula is C9H11NO2. The number of hydrogen-bond donors (Lipinski definition) is 2. The number of benzene rings is 1. The molecule has 0 radical (unpaired) electrons. The predicted molar refractivity (Wildman–Crippen MR) is 45.7 cm³/mol. The molecule has 3 nitrogen and oxygen atoms in total. The van der Waals surface area contributed by atoms with Gasteiger partial charge in [-0.15, -0.1) is 0 Å². The molecule has 0 spiro atoms. The Bertz CT molecular complexity index is 296. The molecule has 1 atom stereocenters. The van der Waals surface area contributed by atoms with Crippen LogP contribution in [0, 0.1) is 0 Å². The summed E-state index contributed by atoms with van der Waals surface area (Å²) in [5.41, 5.74) is 5.66. The Kier molecular flexibility index (Phi) is 2.33. The number of hydrogen-bond acceptors (Lipinski definition) is 2. The Morgan fingerprint density at radius 1 is 1.50 bits per heavy atom. The lowest BCUT2D eigenvalue weighted by Gasteiger charge is -2.08. The Morgan fingerprint density at radius 2 is 2.08 bits per heavy atom. The van der Waals surface area contributed by atoms with Crippen LogP contribution in [0.1, 0.15) is 18.4 Å². The van der Waals surface area contributed by atoms with Crippen molar-refractivity contribution in [3.8, 4) is 5.75 Å². The van der Waals surface area contributed by atoms with Crippen molar-refractivity contribution in [1.29, 1.82) is 0 Å². The molecular weight excluding hydrogens is 154 g/mol. The highest BCUT2D eigenvalue weighted by Crippen LogP contribution is 2.24. The zero-order valence-electron chi connectivity index (χ0n) is 6.82. The van der Waals surface area contributed by atoms with Crippen LogP contribution in [0.4, 0.5) is 0 Å². The first kappa shape index (κ1) is 8.59. The summed E-state index contributed by atoms with van der Waals surface area (Å²) in [6.07, 6.45) is 0. The maximum atomic E-state index is 10.8. The summed E-state index contributed by atoms with van der Waals surface area (Å²) in [7, 11) is 0. The third-order valence-electron chi connectivity index (χ3n) is 1.83. The number of phenolic OH excluding ortho intramolecular Hbond substituents is 1. The number of carbonyl (C=O) groups excluding carboxylic acids is 1. The molecule has 1 amide bonds. The molecule has 0 saturated heterocycles. The quantitative estimate of drug-likeness (QED) is 0.686. The fourth-order valence-corrected chi connectivity index (χ4v) is 1.01. The van der Waals surface area contributed by atoms with Crippen molar-refractivity contribution in [3.63, 3.8) is 0 Å². The van der Waals surface area contributed by atoms with E-state index in [0.29, 0.717) is 5.56 Å². The van der Waals surface area contributed by atoms with Crippen LogP contribution in [0.15, 0.2) is 24.3 Å². The Balaban J connectivity index is 3.02. The highest BCUT2D eigenvalue weighted by atomic mass is 16.3. The summed E-state index contributed by atoms with van der Waals surface area (Å²) in [6, 6.07) is 6.68. The van der Waals surface area contributed by atoms with E-state index in [1.807, 2.05) is 0 Å². The molecule has 0 aromatic heterocycles. The van der Waals surface area contributed by atoms with Gasteiger partial charge in [0, 0.05) is 5.56 Å². The van der Waals surface area contributed by atoms with E-state index in [1.165, 1.54) is 6.07 Å². The third kappa shape index (κ3) is 1.56. The topological polar surface area (TPSA) is 63.3 Å². The van der Waals surface area contributed by atoms with E-state index in [9.17, 15) is 9.90 Å². The van der Waals surface area contributed by atoms with Crippen LogP contribution in [0.3, 0.4) is 0 Å². The average molecular weight is 165 g/mol. The smallest absolute Gasteiger partial charge is 0.224 e. The third-order valence-corrected chi connectivity index (χ3v) is 1.83. The fourth-order valence-electron chi connectivity index (χ4n) is 1.01. The molecule has 0 saturated carbocycles. The summed E-state index contributed by atoms with van der Waals surface area (Å²) < 4.78 is 0. The maximum absolute atomic E-state index is 10.8. The second-order valence-corrected chi connectivity index (χ2v) is 2.68. The molecule has 64 valence electrons. The van der Waals surface area contributed by atoms with Gasteiger partial charge in [0.05, 0.1) is 5.92 Å². The van der Waals surface area contributed by atoms with Crippen molar-refractivity contribution in [2.24, 2.45) is 5.73 Å². The summed E-state index contributed by atoms with van der Waals surface area (Å²) >= 11 is 0. The van der Waals surface area contributed by atoms with Crippen LogP contribution >= 0.6 is 0 Å². The number of para-hydroxylation sites is 1. The Labute approximate surface area is 70.8 Å². The fraction of sp³-hybridized carbons (Fsp3) is 0.222. The highest BCUT2D eigenvalue weighted by Gasteiger charge is 2.14. The van der Waals surface area contributed by atoms with E-state index in [4.69, 9.17) is 5.73 Å². The zero-order chi connectivity index (χ0) is 9.14. The van der Waals surface area contributed by atoms with Crippen LogP contribution in [0.2, 0.25) is 0 Å². The van der Waals surface area contributed by atoms with E-state index < -0.39 is 11.8 Å². The van der Waals surface area contributed by atoms with Gasteiger partial charge in [0.2, 0.25) is 5.91 Å². The lowest BCUT2D eigenvalue weighted by Crippen LogP contribution is -2.18. The van der Waals surface area contributed by atoms with Crippen molar-refractivity contribution in [3.05, 3.63) is 29.8 Å². The molecule has 0 fully saturated rings. The molecule has 0 heterocycles. The van der Waals surface area contributed by atoms with Gasteiger partial charge in [0.15, 0.2) is 0 Å². The first-order valence-corrected chi connectivity index (χ1v) is 3.70. The van der Waals surface area contributed by atoms with Crippen LogP contribution < -0.4 is 5.73 Å². The summed E-state index contributed by atoms with van der Waals surface area (Å²) in [6.45, 7) is 1.66. The van der Waals surface area contributed by atoms with Crippen molar-refractivity contribution >= 4 is 5.91 Å². The summed E-state index contributed by atoms with van der Waals surface area (Å²) in [4.78, 5) is 10.8. The zero-order valence-corrected chi connectivity index (χ0v) is 6.82. The van der Waals surface area contributed by atoms with Crippen molar-refractivity contribution in [2.45, 2.75) is 12.8 Å². The van der Waals surface area contributed by atoms with Gasteiger partial charge in [0.25, 0.3) is 0 Å². The van der Waals surface area contributed by atoms with E-state index in [0.717, 1.165) is 0 Å². The minimum atomic E-state index is -0.439. The number of amides is 1. The second-order valence-electron chi connectivity index (χ2n) is 2.68. The molecule has 3 N–H and O–H groups in total. The van der Waals surface area contributed by atoms with E-state index >= 15 is 0 Å². The van der Waals surface area contributed by atoms with Gasteiger partial charge in [-0.1, -0.05) is 18.2 Å². The monoisotopic (exact) mass is 165 g/mol. The standard InChI is InChI=1S/C9H11NO2/c1-6(9(10)12)7-4-2-3-5-8(7)11/h2-6,11H,1H3,(H2,10,12). The molecule has 0 bridgehead atoms. The Morgan fingerprint density at radius 3 is 2.58 bits per heavy atom. The second kappa shape index (κ2) is 3.26. The normalized spacial score (nSPS) is 12.4. The lowest BCUT2D eigenvalue weighted by atomic mass is 10.00. The van der Waals surface area contributed by atoms with Gasteiger partial charge >= 0.3 is 0 Å². The minimum Gasteiger partial charge on any atom is -0.508 e. The lowest BCUT2D eigenvalue weighted by molar-refractivity contribution is -0.119. The van der Waals surface area contributed by atoms with Crippen molar-refractivity contribution in [2.75, 3.05) is 0 Å². The summed E-state index contributed by atoms with van der Waals surface area (Å²) in [5, 5.41) is 9.32. The number of phenols is 1. The van der Waals surface area contributed by atoms with Gasteiger partial charge < -0.3 is 10.8 Å². The molecule has 1 aromatic rings. The molecule has 1 unspecified atom stereocenters. The van der Waals surface area contributed by atoms with Crippen LogP contribution in [-0.4, -0.2) is 11.0 Å². The highest BCUT2D eigenvalue weighted by molar-refractivity contribution is 5.82. The van der Waals surface area contributed by atoms with Gasteiger partial charge in [0.1, 0.15) is 5.75 Å². The largest absolute Gasteiger partial charge is 0.508 e. The first-order chi connectivity index (χ1) is 5.63. The number of primary amides is 1. The average Bonchev–Trinajstić information content (AvgIpc) is 2.04. The van der Waals surface area contributed by atoms with E-state index in [2.05, 4.69) is 0 Å². The number of rotatable bonds is 2. The van der Waals surface area contributed by atoms with E-state index in [-0.39, 0.29) is 5.75 Å². The number of carbonyl (C=O) groups is 1. The number of nitrogens with two attached hydrogens (primary N) is 1. The predicted octanol–water partition coefficient (Wildman–Crippen LogP) is 0.981. The molecule has 0 aliphatic rings. The van der Waals surface area contributed by atoms with Gasteiger partial charge in [-0.25, -0.2) is 0 Å². The van der Waals surface area contributed by atoms with Crippen LogP contribution in [-0.2, 0) is 4.79 Å². The first-order valence-electron chi connectivity index (χ1n) is 3.70. The van der Waals surface area contributed by atoms with Crippen LogP contribution in [0.5, 0.6) is 5.75 Å². The molecule has 3 heteroatoms. The van der Waals surface area contributed by atoms with Crippen LogP contribution in [0.25, 0.3) is 0 Å². The molecule has 1 rings (SSSR count). The SMILES string of the molecule is CC(C(N)=O)c1ccccc1O.